The lowest BCUT2D eigenvalue weighted by molar-refractivity contribution is 0.659. The second-order valence-corrected chi connectivity index (χ2v) is 5.17. The van der Waals surface area contributed by atoms with E-state index >= 15 is 0 Å². The molecule has 0 radical (unpaired) electrons. The molecule has 0 spiro atoms. The van der Waals surface area contributed by atoms with Crippen LogP contribution in [-0.4, -0.2) is 13.4 Å². The molecule has 2 heteroatoms. The van der Waals surface area contributed by atoms with Crippen LogP contribution in [0.1, 0.15) is 19.3 Å². The summed E-state index contributed by atoms with van der Waals surface area (Å²) in [4.78, 5) is 0. The van der Waals surface area contributed by atoms with Gasteiger partial charge in [-0.3, -0.25) is 0 Å². The first-order chi connectivity index (χ1) is 6.04. The van der Waals surface area contributed by atoms with Crippen LogP contribution >= 0.6 is 0 Å². The smallest absolute Gasteiger partial charge is 0.108 e. The summed E-state index contributed by atoms with van der Waals surface area (Å²) in [5.41, 5.74) is 1.50. The molecule has 1 aliphatic carbocycles. The molecule has 0 N–H and O–H groups in total. The van der Waals surface area contributed by atoms with Crippen molar-refractivity contribution in [2.45, 2.75) is 52.4 Å². The SMILES string of the molecule is C=C(B(C)C)[C@@H]1CCC[C@@H]1B(C)C. The van der Waals surface area contributed by atoms with Gasteiger partial charge in [-0.1, -0.05) is 46.0 Å². The van der Waals surface area contributed by atoms with Gasteiger partial charge in [0.15, 0.2) is 6.71 Å². The Labute approximate surface area is 84.3 Å². The van der Waals surface area contributed by atoms with E-state index in [1.54, 1.807) is 0 Å². The molecule has 72 valence electrons. The van der Waals surface area contributed by atoms with Gasteiger partial charge in [-0.15, -0.1) is 12.1 Å². The first kappa shape index (κ1) is 10.9. The van der Waals surface area contributed by atoms with E-state index in [9.17, 15) is 0 Å². The monoisotopic (exact) mass is 176 g/mol. The lowest BCUT2D eigenvalue weighted by Crippen LogP contribution is -2.22. The Morgan fingerprint density at radius 1 is 1.15 bits per heavy atom. The quantitative estimate of drug-likeness (QED) is 0.574. The van der Waals surface area contributed by atoms with E-state index in [1.165, 1.54) is 24.7 Å². The fourth-order valence-corrected chi connectivity index (χ4v) is 2.68. The largest absolute Gasteiger partial charge is 0.163 e. The fourth-order valence-electron chi connectivity index (χ4n) is 2.68. The van der Waals surface area contributed by atoms with Crippen LogP contribution in [0.3, 0.4) is 0 Å². The molecule has 0 saturated heterocycles. The Bertz CT molecular complexity index is 185. The van der Waals surface area contributed by atoms with Gasteiger partial charge < -0.3 is 0 Å². The molecule has 0 unspecified atom stereocenters. The van der Waals surface area contributed by atoms with Crippen LogP contribution in [0, 0.1) is 5.92 Å². The molecule has 13 heavy (non-hydrogen) atoms. The summed E-state index contributed by atoms with van der Waals surface area (Å²) in [7, 11) is 0. The van der Waals surface area contributed by atoms with Crippen LogP contribution in [0.5, 0.6) is 0 Å². The normalized spacial score (nSPS) is 27.4. The Morgan fingerprint density at radius 2 is 1.77 bits per heavy atom. The van der Waals surface area contributed by atoms with Crippen molar-refractivity contribution >= 4 is 13.4 Å². The van der Waals surface area contributed by atoms with Crippen LogP contribution in [0.4, 0.5) is 0 Å². The van der Waals surface area contributed by atoms with E-state index < -0.39 is 0 Å². The first-order valence-corrected chi connectivity index (χ1v) is 5.72. The minimum Gasteiger partial charge on any atom is -0.108 e. The molecule has 0 amide bonds. The molecule has 0 aromatic carbocycles. The van der Waals surface area contributed by atoms with Gasteiger partial charge in [0.1, 0.15) is 6.71 Å². The maximum absolute atomic E-state index is 4.27. The highest BCUT2D eigenvalue weighted by Gasteiger charge is 2.33. The molecule has 0 aliphatic heterocycles. The molecule has 0 heterocycles. The summed E-state index contributed by atoms with van der Waals surface area (Å²) in [5, 5.41) is 0. The molecular weight excluding hydrogens is 154 g/mol. The van der Waals surface area contributed by atoms with Crippen LogP contribution < -0.4 is 0 Å². The van der Waals surface area contributed by atoms with E-state index in [2.05, 4.69) is 33.9 Å². The number of allylic oxidation sites excluding steroid dienone is 1. The second kappa shape index (κ2) is 4.39. The molecule has 2 atom stereocenters. The zero-order chi connectivity index (χ0) is 10.0. The maximum Gasteiger partial charge on any atom is 0.163 e. The molecule has 1 fully saturated rings. The molecule has 1 aliphatic rings. The Balaban J connectivity index is 2.63. The predicted molar refractivity (Wildman–Crippen MR) is 65.2 cm³/mol. The van der Waals surface area contributed by atoms with Crippen molar-refractivity contribution in [1.82, 2.24) is 0 Å². The maximum atomic E-state index is 4.27. The van der Waals surface area contributed by atoms with Crippen LogP contribution in [-0.2, 0) is 0 Å². The lowest BCUT2D eigenvalue weighted by Gasteiger charge is -2.25. The standard InChI is InChI=1S/C11H22B2/c1-9(12(2)3)10-7-6-8-11(10)13(4)5/h10-11H,1,6-8H2,2-5H3/t10-,11-/m0/s1. The van der Waals surface area contributed by atoms with E-state index in [-0.39, 0.29) is 0 Å². The minimum absolute atomic E-state index is 0.671. The molecule has 0 aromatic rings. The van der Waals surface area contributed by atoms with Crippen LogP contribution in [0.25, 0.3) is 0 Å². The second-order valence-electron chi connectivity index (χ2n) is 5.17. The average molecular weight is 176 g/mol. The Hall–Kier alpha value is -0.130. The van der Waals surface area contributed by atoms with Gasteiger partial charge in [0, 0.05) is 0 Å². The highest BCUT2D eigenvalue weighted by atomic mass is 14.3. The summed E-state index contributed by atoms with van der Waals surface area (Å²) in [6.45, 7) is 15.0. The zero-order valence-corrected chi connectivity index (χ0v) is 9.64. The topological polar surface area (TPSA) is 0 Å². The minimum atomic E-state index is 0.671. The van der Waals surface area contributed by atoms with E-state index in [0.717, 1.165) is 18.4 Å². The van der Waals surface area contributed by atoms with Crippen molar-refractivity contribution in [3.63, 3.8) is 0 Å². The number of hydrogen-bond donors (Lipinski definition) is 0. The average Bonchev–Trinajstić information content (AvgIpc) is 2.50. The molecule has 0 aromatic heterocycles. The molecular formula is C11H22B2. The van der Waals surface area contributed by atoms with Crippen molar-refractivity contribution < 1.29 is 0 Å². The molecule has 1 rings (SSSR count). The molecule has 1 saturated carbocycles. The third kappa shape index (κ3) is 2.42. The third-order valence-corrected chi connectivity index (χ3v) is 3.64. The third-order valence-electron chi connectivity index (χ3n) is 3.64. The van der Waals surface area contributed by atoms with Gasteiger partial charge in [-0.05, 0) is 12.3 Å². The summed E-state index contributed by atoms with van der Waals surface area (Å²) < 4.78 is 0. The summed E-state index contributed by atoms with van der Waals surface area (Å²) >= 11 is 0. The van der Waals surface area contributed by atoms with Crippen LogP contribution in [0.2, 0.25) is 33.1 Å². The Morgan fingerprint density at radius 3 is 2.23 bits per heavy atom. The van der Waals surface area contributed by atoms with Gasteiger partial charge in [0.2, 0.25) is 0 Å². The van der Waals surface area contributed by atoms with Crippen molar-refractivity contribution in [3.8, 4) is 0 Å². The van der Waals surface area contributed by atoms with Gasteiger partial charge in [0.25, 0.3) is 0 Å². The highest BCUT2D eigenvalue weighted by molar-refractivity contribution is 6.64. The molecule has 0 nitrogen and oxygen atoms in total. The van der Waals surface area contributed by atoms with E-state index in [1.807, 2.05) is 0 Å². The van der Waals surface area contributed by atoms with E-state index in [4.69, 9.17) is 0 Å². The summed E-state index contributed by atoms with van der Waals surface area (Å²) in [6.07, 6.45) is 4.23. The predicted octanol–water partition coefficient (Wildman–Crippen LogP) is 3.76. The van der Waals surface area contributed by atoms with Crippen molar-refractivity contribution in [3.05, 3.63) is 12.1 Å². The summed E-state index contributed by atoms with van der Waals surface area (Å²) in [6, 6.07) is 0. The van der Waals surface area contributed by atoms with Gasteiger partial charge in [0.05, 0.1) is 0 Å². The van der Waals surface area contributed by atoms with Gasteiger partial charge in [-0.2, -0.15) is 0 Å². The van der Waals surface area contributed by atoms with Gasteiger partial charge >= 0.3 is 0 Å². The fraction of sp³-hybridized carbons (Fsp3) is 0.818. The van der Waals surface area contributed by atoms with Crippen molar-refractivity contribution in [1.29, 1.82) is 0 Å². The Kier molecular flexibility index (Phi) is 3.70. The van der Waals surface area contributed by atoms with E-state index in [0.29, 0.717) is 6.71 Å². The first-order valence-electron chi connectivity index (χ1n) is 5.72. The number of hydrogen-bond acceptors (Lipinski definition) is 0. The number of rotatable bonds is 3. The van der Waals surface area contributed by atoms with Gasteiger partial charge in [-0.25, -0.2) is 0 Å². The molecule has 0 bridgehead atoms. The van der Waals surface area contributed by atoms with Crippen molar-refractivity contribution in [2.24, 2.45) is 5.92 Å². The zero-order valence-electron chi connectivity index (χ0n) is 9.64. The van der Waals surface area contributed by atoms with Crippen LogP contribution in [0.15, 0.2) is 12.1 Å². The lowest BCUT2D eigenvalue weighted by atomic mass is 9.37. The summed E-state index contributed by atoms with van der Waals surface area (Å²) in [5.74, 6) is 1.73. The highest BCUT2D eigenvalue weighted by Crippen LogP contribution is 2.43. The van der Waals surface area contributed by atoms with Crippen molar-refractivity contribution in [2.75, 3.05) is 0 Å².